The molecule has 0 aliphatic heterocycles. The van der Waals surface area contributed by atoms with Crippen LogP contribution in [0.25, 0.3) is 0 Å². The number of amides is 2. The molecule has 3 fully saturated rings. The van der Waals surface area contributed by atoms with Crippen molar-refractivity contribution in [3.63, 3.8) is 0 Å². The number of carbonyl (C=O) groups excluding carboxylic acids is 2. The second-order valence-electron chi connectivity index (χ2n) is 7.51. The minimum Gasteiger partial charge on any atom is -0.354 e. The Balaban J connectivity index is 1.52. The van der Waals surface area contributed by atoms with Crippen LogP contribution in [0.4, 0.5) is 0 Å². The summed E-state index contributed by atoms with van der Waals surface area (Å²) in [5.74, 6) is 1.42. The summed E-state index contributed by atoms with van der Waals surface area (Å²) in [7, 11) is 0. The van der Waals surface area contributed by atoms with Crippen LogP contribution in [0.15, 0.2) is 0 Å². The lowest BCUT2D eigenvalue weighted by molar-refractivity contribution is -0.130. The van der Waals surface area contributed by atoms with Crippen LogP contribution in [0.2, 0.25) is 0 Å². The molecule has 0 aromatic rings. The highest BCUT2D eigenvalue weighted by atomic mass is 16.2. The second-order valence-corrected chi connectivity index (χ2v) is 7.51. The summed E-state index contributed by atoms with van der Waals surface area (Å²) < 4.78 is 0. The van der Waals surface area contributed by atoms with E-state index in [-0.39, 0.29) is 29.7 Å². The number of hydrogen-bond acceptors (Lipinski definition) is 2. The molecule has 0 spiro atoms. The van der Waals surface area contributed by atoms with Crippen molar-refractivity contribution in [3.8, 4) is 0 Å². The Kier molecular flexibility index (Phi) is 5.37. The Labute approximate surface area is 133 Å². The van der Waals surface area contributed by atoms with Crippen LogP contribution >= 0.6 is 0 Å². The lowest BCUT2D eigenvalue weighted by atomic mass is 9.81. The molecule has 0 bridgehead atoms. The van der Waals surface area contributed by atoms with Crippen molar-refractivity contribution in [1.29, 1.82) is 0 Å². The fourth-order valence-electron chi connectivity index (χ4n) is 3.87. The summed E-state index contributed by atoms with van der Waals surface area (Å²) in [6, 6.07) is 0.137. The van der Waals surface area contributed by atoms with Crippen LogP contribution in [-0.2, 0) is 9.59 Å². The zero-order chi connectivity index (χ0) is 15.4. The molecule has 1 atom stereocenters. The van der Waals surface area contributed by atoms with Gasteiger partial charge in [-0.15, -0.1) is 0 Å². The molecule has 0 heterocycles. The topological polar surface area (TPSA) is 58.2 Å². The van der Waals surface area contributed by atoms with Gasteiger partial charge in [0.1, 0.15) is 0 Å². The van der Waals surface area contributed by atoms with Gasteiger partial charge in [0.25, 0.3) is 0 Å². The summed E-state index contributed by atoms with van der Waals surface area (Å²) in [6.07, 6.45) is 12.7. The van der Waals surface area contributed by atoms with Crippen LogP contribution in [0.5, 0.6) is 0 Å². The maximum absolute atomic E-state index is 12.3. The van der Waals surface area contributed by atoms with Crippen LogP contribution in [0.3, 0.4) is 0 Å². The molecule has 0 unspecified atom stereocenters. The minimum atomic E-state index is 0.137. The summed E-state index contributed by atoms with van der Waals surface area (Å²) in [6.45, 7) is 0.623. The molecule has 0 aromatic carbocycles. The van der Waals surface area contributed by atoms with E-state index in [1.165, 1.54) is 44.9 Å². The van der Waals surface area contributed by atoms with E-state index in [1.54, 1.807) is 0 Å². The molecule has 3 saturated carbocycles. The third kappa shape index (κ3) is 3.82. The molecule has 3 aliphatic carbocycles. The first-order chi connectivity index (χ1) is 10.7. The summed E-state index contributed by atoms with van der Waals surface area (Å²) >= 11 is 0. The van der Waals surface area contributed by atoms with Crippen molar-refractivity contribution < 1.29 is 9.59 Å². The van der Waals surface area contributed by atoms with Crippen molar-refractivity contribution >= 4 is 11.8 Å². The van der Waals surface area contributed by atoms with Gasteiger partial charge in [0.2, 0.25) is 11.8 Å². The molecule has 4 nitrogen and oxygen atoms in total. The molecule has 0 aromatic heterocycles. The van der Waals surface area contributed by atoms with Gasteiger partial charge < -0.3 is 10.6 Å². The number of hydrogen-bond donors (Lipinski definition) is 2. The highest BCUT2D eigenvalue weighted by Gasteiger charge is 2.32. The molecule has 2 amide bonds. The summed E-state index contributed by atoms with van der Waals surface area (Å²) in [5.41, 5.74) is 0. The standard InChI is InChI=1S/C18H30N2O2/c21-17(14-8-4-9-14)19-12-16(13-6-2-1-3-7-13)20-18(22)15-10-5-11-15/h13-16H,1-12H2,(H,19,21)(H,20,22)/t16-/m0/s1. The maximum atomic E-state index is 12.3. The third-order valence-electron chi connectivity index (χ3n) is 5.99. The van der Waals surface area contributed by atoms with Crippen LogP contribution in [0.1, 0.15) is 70.6 Å². The van der Waals surface area contributed by atoms with Gasteiger partial charge >= 0.3 is 0 Å². The van der Waals surface area contributed by atoms with E-state index in [0.29, 0.717) is 12.5 Å². The smallest absolute Gasteiger partial charge is 0.223 e. The van der Waals surface area contributed by atoms with E-state index in [0.717, 1.165) is 25.7 Å². The van der Waals surface area contributed by atoms with Crippen molar-refractivity contribution in [2.75, 3.05) is 6.54 Å². The Bertz CT molecular complexity index is 396. The Hall–Kier alpha value is -1.06. The molecule has 3 rings (SSSR count). The molecular formula is C18H30N2O2. The van der Waals surface area contributed by atoms with Gasteiger partial charge in [0.05, 0.1) is 0 Å². The zero-order valence-corrected chi connectivity index (χ0v) is 13.6. The van der Waals surface area contributed by atoms with Gasteiger partial charge in [-0.2, -0.15) is 0 Å². The monoisotopic (exact) mass is 306 g/mol. The van der Waals surface area contributed by atoms with Gasteiger partial charge in [-0.25, -0.2) is 0 Å². The predicted octanol–water partition coefficient (Wildman–Crippen LogP) is 2.77. The van der Waals surface area contributed by atoms with Gasteiger partial charge in [-0.05, 0) is 44.4 Å². The van der Waals surface area contributed by atoms with E-state index in [2.05, 4.69) is 10.6 Å². The van der Waals surface area contributed by atoms with Crippen LogP contribution in [0, 0.1) is 17.8 Å². The van der Waals surface area contributed by atoms with Crippen molar-refractivity contribution in [2.45, 2.75) is 76.7 Å². The predicted molar refractivity (Wildman–Crippen MR) is 86.2 cm³/mol. The second kappa shape index (κ2) is 7.47. The molecule has 2 N–H and O–H groups in total. The highest BCUT2D eigenvalue weighted by Crippen LogP contribution is 2.30. The van der Waals surface area contributed by atoms with E-state index in [9.17, 15) is 9.59 Å². The van der Waals surface area contributed by atoms with Gasteiger partial charge in [0, 0.05) is 24.4 Å². The van der Waals surface area contributed by atoms with Crippen molar-refractivity contribution in [2.24, 2.45) is 17.8 Å². The maximum Gasteiger partial charge on any atom is 0.223 e. The number of nitrogens with one attached hydrogen (secondary N) is 2. The number of carbonyl (C=O) groups is 2. The molecule has 3 aliphatic rings. The molecule has 4 heteroatoms. The summed E-state index contributed by atoms with van der Waals surface area (Å²) in [4.78, 5) is 24.4. The molecule has 0 radical (unpaired) electrons. The molecule has 0 saturated heterocycles. The van der Waals surface area contributed by atoms with E-state index >= 15 is 0 Å². The third-order valence-corrected chi connectivity index (χ3v) is 5.99. The lowest BCUT2D eigenvalue weighted by Crippen LogP contribution is -2.51. The molecular weight excluding hydrogens is 276 g/mol. The SMILES string of the molecule is O=C(NC[C@H](NC(=O)C1CCC1)C1CCCCC1)C1CCC1. The first-order valence-electron chi connectivity index (χ1n) is 9.32. The van der Waals surface area contributed by atoms with Crippen molar-refractivity contribution in [1.82, 2.24) is 10.6 Å². The fourth-order valence-corrected chi connectivity index (χ4v) is 3.87. The van der Waals surface area contributed by atoms with Gasteiger partial charge in [0.15, 0.2) is 0 Å². The van der Waals surface area contributed by atoms with Gasteiger partial charge in [-0.3, -0.25) is 9.59 Å². The first-order valence-corrected chi connectivity index (χ1v) is 9.32. The average Bonchev–Trinajstić information content (AvgIpc) is 2.40. The van der Waals surface area contributed by atoms with Crippen molar-refractivity contribution in [3.05, 3.63) is 0 Å². The van der Waals surface area contributed by atoms with Crippen LogP contribution in [-0.4, -0.2) is 24.4 Å². The van der Waals surface area contributed by atoms with Crippen LogP contribution < -0.4 is 10.6 Å². The van der Waals surface area contributed by atoms with E-state index < -0.39 is 0 Å². The Morgan fingerprint density at radius 2 is 1.36 bits per heavy atom. The normalized spacial score (nSPS) is 24.9. The lowest BCUT2D eigenvalue weighted by Gasteiger charge is -2.34. The first kappa shape index (κ1) is 15.8. The fraction of sp³-hybridized carbons (Fsp3) is 0.889. The largest absolute Gasteiger partial charge is 0.354 e. The molecule has 124 valence electrons. The Morgan fingerprint density at radius 3 is 1.91 bits per heavy atom. The number of rotatable bonds is 6. The highest BCUT2D eigenvalue weighted by molar-refractivity contribution is 5.80. The minimum absolute atomic E-state index is 0.137. The van der Waals surface area contributed by atoms with E-state index in [1.807, 2.05) is 0 Å². The molecule has 22 heavy (non-hydrogen) atoms. The summed E-state index contributed by atoms with van der Waals surface area (Å²) in [5, 5.41) is 6.37. The Morgan fingerprint density at radius 1 is 0.773 bits per heavy atom. The zero-order valence-electron chi connectivity index (χ0n) is 13.6. The average molecular weight is 306 g/mol. The van der Waals surface area contributed by atoms with Gasteiger partial charge in [-0.1, -0.05) is 32.1 Å². The quantitative estimate of drug-likeness (QED) is 0.793. The van der Waals surface area contributed by atoms with E-state index in [4.69, 9.17) is 0 Å².